The second-order valence-electron chi connectivity index (χ2n) is 7.23. The summed E-state index contributed by atoms with van der Waals surface area (Å²) in [5.74, 6) is -0.403. The number of halogens is 2. The Kier molecular flexibility index (Phi) is 4.95. The van der Waals surface area contributed by atoms with Crippen LogP contribution in [-0.2, 0) is 0 Å². The highest BCUT2D eigenvalue weighted by Gasteiger charge is 2.16. The number of hydrogen-bond acceptors (Lipinski definition) is 4. The van der Waals surface area contributed by atoms with Gasteiger partial charge in [0.05, 0.1) is 10.7 Å². The van der Waals surface area contributed by atoms with Gasteiger partial charge in [0.15, 0.2) is 5.76 Å². The Hall–Kier alpha value is -3.97. The molecule has 3 aromatic carbocycles. The van der Waals surface area contributed by atoms with Crippen LogP contribution >= 0.6 is 11.6 Å². The third-order valence-electron chi connectivity index (χ3n) is 5.00. The van der Waals surface area contributed by atoms with Crippen molar-refractivity contribution in [2.24, 2.45) is 0 Å². The van der Waals surface area contributed by atoms with Crippen molar-refractivity contribution in [3.63, 3.8) is 0 Å². The maximum atomic E-state index is 13.4. The first-order valence-corrected chi connectivity index (χ1v) is 10.2. The van der Waals surface area contributed by atoms with Gasteiger partial charge in [0.2, 0.25) is 0 Å². The van der Waals surface area contributed by atoms with E-state index in [0.717, 1.165) is 16.8 Å². The van der Waals surface area contributed by atoms with E-state index in [-0.39, 0.29) is 10.8 Å². The predicted molar refractivity (Wildman–Crippen MR) is 121 cm³/mol. The number of nitrogens with one attached hydrogen (secondary N) is 1. The average Bonchev–Trinajstić information content (AvgIpc) is 3.44. The maximum Gasteiger partial charge on any atom is 0.291 e. The van der Waals surface area contributed by atoms with Gasteiger partial charge in [0.1, 0.15) is 22.6 Å². The van der Waals surface area contributed by atoms with E-state index < -0.39 is 11.7 Å². The fraction of sp³-hybridized carbons (Fsp3) is 0.0417. The number of benzene rings is 3. The van der Waals surface area contributed by atoms with E-state index in [1.165, 1.54) is 18.2 Å². The molecule has 0 aliphatic heterocycles. The first kappa shape index (κ1) is 20.0. The molecule has 0 aliphatic rings. The summed E-state index contributed by atoms with van der Waals surface area (Å²) in [5.41, 5.74) is 4.23. The molecule has 32 heavy (non-hydrogen) atoms. The second kappa shape index (κ2) is 7.94. The maximum absolute atomic E-state index is 13.4. The molecule has 0 atom stereocenters. The van der Waals surface area contributed by atoms with Gasteiger partial charge in [-0.3, -0.25) is 4.79 Å². The molecule has 2 heterocycles. The molecule has 0 bridgehead atoms. The first-order chi connectivity index (χ1) is 15.5. The minimum absolute atomic E-state index is 0.0163. The van der Waals surface area contributed by atoms with Gasteiger partial charge < -0.3 is 9.73 Å². The van der Waals surface area contributed by atoms with Gasteiger partial charge in [-0.1, -0.05) is 29.8 Å². The number of furan rings is 1. The Morgan fingerprint density at radius 3 is 2.50 bits per heavy atom. The Balaban J connectivity index is 1.40. The first-order valence-electron chi connectivity index (χ1n) is 9.78. The van der Waals surface area contributed by atoms with Crippen molar-refractivity contribution >= 4 is 34.2 Å². The van der Waals surface area contributed by atoms with Gasteiger partial charge in [-0.2, -0.15) is 4.80 Å². The van der Waals surface area contributed by atoms with Gasteiger partial charge in [-0.05, 0) is 67.1 Å². The van der Waals surface area contributed by atoms with Gasteiger partial charge in [-0.25, -0.2) is 4.39 Å². The molecule has 0 aliphatic carbocycles. The lowest BCUT2D eigenvalue weighted by atomic mass is 10.1. The average molecular weight is 447 g/mol. The van der Waals surface area contributed by atoms with Gasteiger partial charge in [0, 0.05) is 11.3 Å². The van der Waals surface area contributed by atoms with Crippen LogP contribution in [0.3, 0.4) is 0 Å². The van der Waals surface area contributed by atoms with Crippen LogP contribution in [0.25, 0.3) is 28.0 Å². The number of aromatic nitrogens is 3. The molecule has 8 heteroatoms. The van der Waals surface area contributed by atoms with Crippen LogP contribution in [0.5, 0.6) is 0 Å². The quantitative estimate of drug-likeness (QED) is 0.365. The lowest BCUT2D eigenvalue weighted by molar-refractivity contribution is 0.0997. The number of anilines is 1. The topological polar surface area (TPSA) is 73.0 Å². The molecule has 2 aromatic heterocycles. The third kappa shape index (κ3) is 3.74. The molecule has 0 radical (unpaired) electrons. The largest absolute Gasteiger partial charge is 0.451 e. The minimum atomic E-state index is -0.519. The smallest absolute Gasteiger partial charge is 0.291 e. The molecule has 0 saturated carbocycles. The van der Waals surface area contributed by atoms with Crippen molar-refractivity contribution < 1.29 is 13.6 Å². The number of amides is 1. The number of fused-ring (bicyclic) bond motifs is 1. The molecule has 5 aromatic rings. The number of para-hydroxylation sites is 1. The number of aryl methyl sites for hydroxylation is 1. The van der Waals surface area contributed by atoms with E-state index >= 15 is 0 Å². The summed E-state index contributed by atoms with van der Waals surface area (Å²) in [6.07, 6.45) is 0. The summed E-state index contributed by atoms with van der Waals surface area (Å²) >= 11 is 5.84. The molecule has 1 N–H and O–H groups in total. The molecular formula is C24H16ClFN4O2. The lowest BCUT2D eigenvalue weighted by Gasteiger charge is -2.06. The van der Waals surface area contributed by atoms with Crippen LogP contribution in [0.2, 0.25) is 5.02 Å². The van der Waals surface area contributed by atoms with Gasteiger partial charge in [0.25, 0.3) is 5.91 Å². The van der Waals surface area contributed by atoms with Crippen LogP contribution in [-0.4, -0.2) is 20.9 Å². The van der Waals surface area contributed by atoms with Crippen LogP contribution in [0.4, 0.5) is 10.1 Å². The van der Waals surface area contributed by atoms with Crippen LogP contribution < -0.4 is 5.32 Å². The van der Waals surface area contributed by atoms with E-state index in [1.54, 1.807) is 23.0 Å². The Bertz CT molecular complexity index is 1460. The van der Waals surface area contributed by atoms with Crippen LogP contribution in [0.15, 0.2) is 77.2 Å². The summed E-state index contributed by atoms with van der Waals surface area (Å²) in [6.45, 7) is 1.88. The van der Waals surface area contributed by atoms with Crippen LogP contribution in [0.1, 0.15) is 16.1 Å². The SMILES string of the molecule is Cc1cc2nn(-c3ccccc3)nc2cc1NC(=O)c1ccc(-c2ccc(F)c(Cl)c2)o1. The third-order valence-corrected chi connectivity index (χ3v) is 5.29. The molecule has 0 unspecified atom stereocenters. The number of hydrogen-bond donors (Lipinski definition) is 1. The van der Waals surface area contributed by atoms with Crippen molar-refractivity contribution in [2.75, 3.05) is 5.32 Å². The predicted octanol–water partition coefficient (Wildman–Crippen LogP) is 6.03. The van der Waals surface area contributed by atoms with Crippen molar-refractivity contribution in [3.8, 4) is 17.0 Å². The van der Waals surface area contributed by atoms with E-state index in [9.17, 15) is 9.18 Å². The highest BCUT2D eigenvalue weighted by atomic mass is 35.5. The van der Waals surface area contributed by atoms with Crippen molar-refractivity contribution in [1.82, 2.24) is 15.0 Å². The molecule has 0 saturated heterocycles. The summed E-state index contributed by atoms with van der Waals surface area (Å²) < 4.78 is 19.1. The second-order valence-corrected chi connectivity index (χ2v) is 7.63. The summed E-state index contributed by atoms with van der Waals surface area (Å²) in [5, 5.41) is 11.9. The molecular weight excluding hydrogens is 431 g/mol. The van der Waals surface area contributed by atoms with E-state index in [1.807, 2.05) is 43.3 Å². The van der Waals surface area contributed by atoms with E-state index in [4.69, 9.17) is 16.0 Å². The lowest BCUT2D eigenvalue weighted by Crippen LogP contribution is -2.11. The highest BCUT2D eigenvalue weighted by molar-refractivity contribution is 6.31. The normalized spacial score (nSPS) is 11.1. The van der Waals surface area contributed by atoms with Crippen molar-refractivity contribution in [3.05, 3.63) is 95.0 Å². The standard InChI is InChI=1S/C24H16ClFN4O2/c1-14-11-20-21(29-30(28-20)16-5-3-2-4-6-16)13-19(14)27-24(31)23-10-9-22(32-23)15-7-8-18(26)17(25)12-15/h2-13H,1H3,(H,27,31). The Labute approximate surface area is 187 Å². The molecule has 1 amide bonds. The summed E-state index contributed by atoms with van der Waals surface area (Å²) in [4.78, 5) is 14.3. The zero-order valence-electron chi connectivity index (χ0n) is 16.8. The molecule has 0 spiro atoms. The number of nitrogens with zero attached hydrogens (tertiary/aromatic N) is 3. The molecule has 5 rings (SSSR count). The Morgan fingerprint density at radius 2 is 1.75 bits per heavy atom. The summed E-state index contributed by atoms with van der Waals surface area (Å²) in [6, 6.07) is 20.7. The van der Waals surface area contributed by atoms with E-state index in [2.05, 4.69) is 15.5 Å². The zero-order chi connectivity index (χ0) is 22.2. The minimum Gasteiger partial charge on any atom is -0.451 e. The zero-order valence-corrected chi connectivity index (χ0v) is 17.6. The molecule has 6 nitrogen and oxygen atoms in total. The molecule has 0 fully saturated rings. The summed E-state index contributed by atoms with van der Waals surface area (Å²) in [7, 11) is 0. The van der Waals surface area contributed by atoms with E-state index in [0.29, 0.717) is 22.5 Å². The highest BCUT2D eigenvalue weighted by Crippen LogP contribution is 2.28. The Morgan fingerprint density at radius 1 is 1.00 bits per heavy atom. The fourth-order valence-corrected chi connectivity index (χ4v) is 3.51. The van der Waals surface area contributed by atoms with Gasteiger partial charge >= 0.3 is 0 Å². The van der Waals surface area contributed by atoms with Gasteiger partial charge in [-0.15, -0.1) is 10.2 Å². The molecule has 158 valence electrons. The number of rotatable bonds is 4. The van der Waals surface area contributed by atoms with Crippen molar-refractivity contribution in [2.45, 2.75) is 6.92 Å². The van der Waals surface area contributed by atoms with Crippen molar-refractivity contribution in [1.29, 1.82) is 0 Å². The number of carbonyl (C=O) groups is 1. The number of carbonyl (C=O) groups excluding carboxylic acids is 1. The monoisotopic (exact) mass is 446 g/mol. The van der Waals surface area contributed by atoms with Crippen LogP contribution in [0, 0.1) is 12.7 Å². The fourth-order valence-electron chi connectivity index (χ4n) is 3.33.